The number of benzene rings is 1. The Morgan fingerprint density at radius 3 is 2.09 bits per heavy atom. The Labute approximate surface area is 120 Å². The maximum absolute atomic E-state index is 12.6. The van der Waals surface area contributed by atoms with Gasteiger partial charge in [-0.3, -0.25) is 4.79 Å². The largest absolute Gasteiger partial charge is 0.497 e. The van der Waals surface area contributed by atoms with Crippen molar-refractivity contribution in [3.8, 4) is 11.8 Å². The van der Waals surface area contributed by atoms with Crippen LogP contribution in [-0.2, 0) is 11.0 Å². The van der Waals surface area contributed by atoms with Crippen LogP contribution in [-0.4, -0.2) is 24.5 Å². The normalized spacial score (nSPS) is 12.8. The standard InChI is InChI=1S/C12H7F6NO2.H2O/c1-21-8-3-6(2-7(4-8)11(13,14)15)9(5-19)10(20)12(16,17)18;/h2-4,9H,1H3;1H2. The van der Waals surface area contributed by atoms with Gasteiger partial charge in [-0.25, -0.2) is 0 Å². The van der Waals surface area contributed by atoms with Crippen LogP contribution in [0.4, 0.5) is 26.3 Å². The van der Waals surface area contributed by atoms with Gasteiger partial charge in [-0.15, -0.1) is 0 Å². The van der Waals surface area contributed by atoms with E-state index < -0.39 is 40.9 Å². The summed E-state index contributed by atoms with van der Waals surface area (Å²) in [7, 11) is 1.01. The minimum atomic E-state index is -5.33. The highest BCUT2D eigenvalue weighted by Crippen LogP contribution is 2.36. The molecule has 0 saturated heterocycles. The van der Waals surface area contributed by atoms with Crippen molar-refractivity contribution >= 4 is 5.78 Å². The van der Waals surface area contributed by atoms with Gasteiger partial charge in [-0.05, 0) is 23.8 Å². The molecule has 0 heterocycles. The Kier molecular flexibility index (Phi) is 5.97. The Hall–Kier alpha value is -2.28. The number of carbonyl (C=O) groups excluding carboxylic acids is 1. The highest BCUT2D eigenvalue weighted by Gasteiger charge is 2.45. The number of hydrogen-bond donors (Lipinski definition) is 0. The molecule has 10 heteroatoms. The van der Waals surface area contributed by atoms with E-state index in [1.165, 1.54) is 0 Å². The zero-order chi connectivity index (χ0) is 16.4. The molecule has 4 nitrogen and oxygen atoms in total. The third-order valence-electron chi connectivity index (χ3n) is 2.50. The fourth-order valence-electron chi connectivity index (χ4n) is 1.52. The Morgan fingerprint density at radius 1 is 1.18 bits per heavy atom. The lowest BCUT2D eigenvalue weighted by Crippen LogP contribution is -2.28. The maximum atomic E-state index is 12.6. The van der Waals surface area contributed by atoms with Gasteiger partial charge in [0.25, 0.3) is 5.78 Å². The summed E-state index contributed by atoms with van der Waals surface area (Å²) in [5.41, 5.74) is -2.04. The van der Waals surface area contributed by atoms with Crippen molar-refractivity contribution in [3.63, 3.8) is 0 Å². The van der Waals surface area contributed by atoms with Gasteiger partial charge in [-0.2, -0.15) is 31.6 Å². The lowest BCUT2D eigenvalue weighted by molar-refractivity contribution is -0.171. The van der Waals surface area contributed by atoms with Crippen LogP contribution in [0.15, 0.2) is 18.2 Å². The molecule has 1 aromatic carbocycles. The third kappa shape index (κ3) is 4.36. The summed E-state index contributed by atoms with van der Waals surface area (Å²) in [6.45, 7) is 0. The van der Waals surface area contributed by atoms with Crippen LogP contribution in [0.5, 0.6) is 5.75 Å². The average Bonchev–Trinajstić information content (AvgIpc) is 2.37. The molecule has 0 saturated carbocycles. The zero-order valence-corrected chi connectivity index (χ0v) is 10.8. The number of Topliss-reactive ketones (excluding diaryl/α,β-unsaturated/α-hetero) is 1. The fraction of sp³-hybridized carbons (Fsp3) is 0.333. The fourth-order valence-corrected chi connectivity index (χ4v) is 1.52. The summed E-state index contributed by atoms with van der Waals surface area (Å²) >= 11 is 0. The van der Waals surface area contributed by atoms with Gasteiger partial charge in [0.05, 0.1) is 18.7 Å². The second-order valence-corrected chi connectivity index (χ2v) is 3.92. The quantitative estimate of drug-likeness (QED) is 0.799. The first-order chi connectivity index (χ1) is 9.50. The maximum Gasteiger partial charge on any atom is 0.451 e. The van der Waals surface area contributed by atoms with Crippen molar-refractivity contribution in [3.05, 3.63) is 29.3 Å². The van der Waals surface area contributed by atoms with Gasteiger partial charge in [-0.1, -0.05) is 0 Å². The van der Waals surface area contributed by atoms with Crippen LogP contribution in [0.1, 0.15) is 17.0 Å². The molecule has 0 aliphatic heterocycles. The van der Waals surface area contributed by atoms with Crippen molar-refractivity contribution in [2.24, 2.45) is 0 Å². The highest BCUT2D eigenvalue weighted by atomic mass is 19.4. The smallest absolute Gasteiger partial charge is 0.451 e. The van der Waals surface area contributed by atoms with Crippen LogP contribution >= 0.6 is 0 Å². The molecule has 0 radical (unpaired) electrons. The summed E-state index contributed by atoms with van der Waals surface area (Å²) in [5, 5.41) is 8.68. The molecule has 122 valence electrons. The molecule has 0 aliphatic rings. The summed E-state index contributed by atoms with van der Waals surface area (Å²) < 4.78 is 79.5. The van der Waals surface area contributed by atoms with Gasteiger partial charge in [0.15, 0.2) is 0 Å². The van der Waals surface area contributed by atoms with Crippen molar-refractivity contribution in [1.82, 2.24) is 0 Å². The number of alkyl halides is 6. The minimum Gasteiger partial charge on any atom is -0.497 e. The van der Waals surface area contributed by atoms with Crippen LogP contribution < -0.4 is 4.74 Å². The molecule has 22 heavy (non-hydrogen) atoms. The van der Waals surface area contributed by atoms with Crippen LogP contribution in [0.3, 0.4) is 0 Å². The first-order valence-corrected chi connectivity index (χ1v) is 5.27. The van der Waals surface area contributed by atoms with Gasteiger partial charge in [0.1, 0.15) is 11.7 Å². The molecule has 1 aromatic rings. The van der Waals surface area contributed by atoms with Gasteiger partial charge in [0, 0.05) is 0 Å². The van der Waals surface area contributed by atoms with E-state index in [1.807, 2.05) is 0 Å². The van der Waals surface area contributed by atoms with Crippen LogP contribution in [0, 0.1) is 11.3 Å². The topological polar surface area (TPSA) is 81.6 Å². The van der Waals surface area contributed by atoms with E-state index in [0.717, 1.165) is 19.2 Å². The van der Waals surface area contributed by atoms with Crippen molar-refractivity contribution in [1.29, 1.82) is 5.26 Å². The number of ether oxygens (including phenoxy) is 1. The Morgan fingerprint density at radius 2 is 1.73 bits per heavy atom. The summed E-state index contributed by atoms with van der Waals surface area (Å²) in [6, 6.07) is 2.72. The molecule has 0 aromatic heterocycles. The molecule has 0 spiro atoms. The first kappa shape index (κ1) is 19.7. The summed E-state index contributed by atoms with van der Waals surface area (Å²) in [4.78, 5) is 11.1. The molecule has 1 rings (SSSR count). The van der Waals surface area contributed by atoms with E-state index in [1.54, 1.807) is 0 Å². The van der Waals surface area contributed by atoms with Crippen LogP contribution in [0.25, 0.3) is 0 Å². The van der Waals surface area contributed by atoms with E-state index in [2.05, 4.69) is 4.74 Å². The number of ketones is 1. The Balaban J connectivity index is 0.00000441. The van der Waals surface area contributed by atoms with Crippen LogP contribution in [0.2, 0.25) is 0 Å². The monoisotopic (exact) mass is 329 g/mol. The third-order valence-corrected chi connectivity index (χ3v) is 2.50. The SMILES string of the molecule is COc1cc(C(C#N)C(=O)C(F)(F)F)cc(C(F)(F)F)c1.O. The van der Waals surface area contributed by atoms with E-state index in [-0.39, 0.29) is 5.48 Å². The van der Waals surface area contributed by atoms with Crippen molar-refractivity contribution in [2.75, 3.05) is 7.11 Å². The number of methoxy groups -OCH3 is 1. The molecule has 1 atom stereocenters. The van der Waals surface area contributed by atoms with E-state index in [0.29, 0.717) is 12.1 Å². The van der Waals surface area contributed by atoms with Gasteiger partial charge in [0.2, 0.25) is 0 Å². The Bertz CT molecular complexity index is 588. The minimum absolute atomic E-state index is 0. The van der Waals surface area contributed by atoms with Gasteiger partial charge >= 0.3 is 12.4 Å². The highest BCUT2D eigenvalue weighted by molar-refractivity contribution is 5.93. The molecule has 0 fully saturated rings. The molecule has 0 bridgehead atoms. The molecule has 0 aliphatic carbocycles. The number of hydrogen-bond acceptors (Lipinski definition) is 3. The van der Waals surface area contributed by atoms with Gasteiger partial charge < -0.3 is 10.2 Å². The lowest BCUT2D eigenvalue weighted by atomic mass is 9.94. The number of nitrogens with zero attached hydrogens (tertiary/aromatic N) is 1. The predicted octanol–water partition coefficient (Wildman–Crippen LogP) is 2.63. The van der Waals surface area contributed by atoms with Crippen molar-refractivity contribution in [2.45, 2.75) is 18.3 Å². The second kappa shape index (κ2) is 6.65. The zero-order valence-electron chi connectivity index (χ0n) is 10.8. The number of rotatable bonds is 3. The number of carbonyl (C=O) groups is 1. The molecule has 0 amide bonds. The molecular formula is C12H9F6NO3. The van der Waals surface area contributed by atoms with E-state index >= 15 is 0 Å². The molecular weight excluding hydrogens is 320 g/mol. The predicted molar refractivity (Wildman–Crippen MR) is 61.0 cm³/mol. The lowest BCUT2D eigenvalue weighted by Gasteiger charge is -2.15. The molecule has 1 unspecified atom stereocenters. The second-order valence-electron chi connectivity index (χ2n) is 3.92. The summed E-state index contributed by atoms with van der Waals surface area (Å²) in [5.74, 6) is -5.23. The number of halogens is 6. The summed E-state index contributed by atoms with van der Waals surface area (Å²) in [6.07, 6.45) is -10.2. The van der Waals surface area contributed by atoms with Crippen molar-refractivity contribution < 1.29 is 41.4 Å². The first-order valence-electron chi connectivity index (χ1n) is 5.27. The van der Waals surface area contributed by atoms with E-state index in [4.69, 9.17) is 5.26 Å². The number of nitriles is 1. The average molecular weight is 329 g/mol. The molecule has 2 N–H and O–H groups in total. The van der Waals surface area contributed by atoms with E-state index in [9.17, 15) is 31.1 Å².